The minimum Gasteiger partial charge on any atom is -0.280 e. The number of rotatable bonds is 9. The number of halogens is 1. The van der Waals surface area contributed by atoms with Crippen molar-refractivity contribution < 1.29 is 0 Å². The second-order valence-electron chi connectivity index (χ2n) is 8.36. The summed E-state index contributed by atoms with van der Waals surface area (Å²) in [6, 6.07) is 40.8. The van der Waals surface area contributed by atoms with E-state index in [2.05, 4.69) is 138 Å². The van der Waals surface area contributed by atoms with E-state index in [1.54, 1.807) is 0 Å². The highest BCUT2D eigenvalue weighted by Gasteiger charge is 2.25. The Balaban J connectivity index is 1.89. The van der Waals surface area contributed by atoms with E-state index in [1.165, 1.54) is 11.1 Å². The Morgan fingerprint density at radius 1 is 0.697 bits per heavy atom. The highest BCUT2D eigenvalue weighted by molar-refractivity contribution is 9.10. The molecule has 0 bridgehead atoms. The molecule has 0 aromatic heterocycles. The fourth-order valence-corrected chi connectivity index (χ4v) is 4.81. The molecule has 0 saturated carbocycles. The van der Waals surface area contributed by atoms with Crippen LogP contribution in [0.3, 0.4) is 0 Å². The molecule has 4 aromatic carbocycles. The SMILES string of the molecule is CCCCC(N=C(c1ccccc1)c1ccccc1)C(c1ccccc1)c1cccc(Br)c1. The molecule has 0 fully saturated rings. The number of nitrogens with zero attached hydrogens (tertiary/aromatic N) is 1. The molecular formula is C31H30BrN. The minimum atomic E-state index is 0.122. The highest BCUT2D eigenvalue weighted by atomic mass is 79.9. The first-order valence-corrected chi connectivity index (χ1v) is 12.5. The van der Waals surface area contributed by atoms with Gasteiger partial charge in [0, 0.05) is 21.5 Å². The summed E-state index contributed by atoms with van der Waals surface area (Å²) < 4.78 is 1.10. The Morgan fingerprint density at radius 3 is 1.79 bits per heavy atom. The molecule has 0 aliphatic heterocycles. The predicted octanol–water partition coefficient (Wildman–Crippen LogP) is 8.68. The van der Waals surface area contributed by atoms with Gasteiger partial charge in [-0.15, -0.1) is 0 Å². The summed E-state index contributed by atoms with van der Waals surface area (Å²) in [4.78, 5) is 5.54. The van der Waals surface area contributed by atoms with E-state index in [-0.39, 0.29) is 12.0 Å². The Labute approximate surface area is 206 Å². The summed E-state index contributed by atoms with van der Waals surface area (Å²) in [5.74, 6) is 0.178. The second kappa shape index (κ2) is 11.8. The van der Waals surface area contributed by atoms with Crippen molar-refractivity contribution in [2.75, 3.05) is 0 Å². The number of unbranched alkanes of at least 4 members (excludes halogenated alkanes) is 1. The molecule has 0 saturated heterocycles. The molecule has 0 amide bonds. The zero-order chi connectivity index (χ0) is 22.9. The maximum absolute atomic E-state index is 5.54. The average Bonchev–Trinajstić information content (AvgIpc) is 2.87. The first kappa shape index (κ1) is 23.2. The first-order valence-electron chi connectivity index (χ1n) is 11.8. The van der Waals surface area contributed by atoms with Gasteiger partial charge in [-0.05, 0) is 29.7 Å². The minimum absolute atomic E-state index is 0.122. The lowest BCUT2D eigenvalue weighted by Crippen LogP contribution is -2.21. The lowest BCUT2D eigenvalue weighted by Gasteiger charge is -2.27. The van der Waals surface area contributed by atoms with Gasteiger partial charge in [0.25, 0.3) is 0 Å². The van der Waals surface area contributed by atoms with Gasteiger partial charge in [-0.25, -0.2) is 0 Å². The number of aliphatic imine (C=N–C) groups is 1. The Hall–Kier alpha value is -2.97. The summed E-state index contributed by atoms with van der Waals surface area (Å²) in [6.45, 7) is 2.26. The quantitative estimate of drug-likeness (QED) is 0.206. The van der Waals surface area contributed by atoms with E-state index in [0.717, 1.165) is 40.6 Å². The molecule has 0 heterocycles. The molecule has 33 heavy (non-hydrogen) atoms. The third-order valence-corrected chi connectivity index (χ3v) is 6.49. The van der Waals surface area contributed by atoms with Crippen molar-refractivity contribution >= 4 is 21.6 Å². The lowest BCUT2D eigenvalue weighted by atomic mass is 9.83. The molecule has 0 aliphatic carbocycles. The molecule has 166 valence electrons. The third kappa shape index (κ3) is 6.09. The van der Waals surface area contributed by atoms with E-state index in [0.29, 0.717) is 0 Å². The van der Waals surface area contributed by atoms with Crippen molar-refractivity contribution in [3.8, 4) is 0 Å². The molecule has 2 atom stereocenters. The van der Waals surface area contributed by atoms with Gasteiger partial charge < -0.3 is 0 Å². The van der Waals surface area contributed by atoms with Crippen LogP contribution in [0.1, 0.15) is 54.4 Å². The second-order valence-corrected chi connectivity index (χ2v) is 9.28. The number of hydrogen-bond donors (Lipinski definition) is 0. The van der Waals surface area contributed by atoms with Crippen LogP contribution in [0.25, 0.3) is 0 Å². The molecule has 1 nitrogen and oxygen atoms in total. The third-order valence-electron chi connectivity index (χ3n) is 5.99. The van der Waals surface area contributed by atoms with E-state index in [9.17, 15) is 0 Å². The summed E-state index contributed by atoms with van der Waals surface area (Å²) >= 11 is 3.69. The van der Waals surface area contributed by atoms with Gasteiger partial charge >= 0.3 is 0 Å². The molecule has 0 radical (unpaired) electrons. The van der Waals surface area contributed by atoms with E-state index in [4.69, 9.17) is 4.99 Å². The Morgan fingerprint density at radius 2 is 1.24 bits per heavy atom. The zero-order valence-electron chi connectivity index (χ0n) is 19.1. The van der Waals surface area contributed by atoms with Crippen molar-refractivity contribution in [1.29, 1.82) is 0 Å². The largest absolute Gasteiger partial charge is 0.280 e. The normalized spacial score (nSPS) is 12.7. The van der Waals surface area contributed by atoms with Crippen molar-refractivity contribution in [2.45, 2.75) is 38.1 Å². The van der Waals surface area contributed by atoms with Crippen LogP contribution in [0, 0.1) is 0 Å². The summed E-state index contributed by atoms with van der Waals surface area (Å²) in [5.41, 5.74) is 5.98. The fraction of sp³-hybridized carbons (Fsp3) is 0.194. The standard InChI is InChI=1S/C31H30BrN/c1-2-3-22-29(30(24-14-7-4-8-15-24)27-20-13-21-28(32)23-27)33-31(25-16-9-5-10-17-25)26-18-11-6-12-19-26/h4-21,23,29-30H,2-3,22H2,1H3. The predicted molar refractivity (Wildman–Crippen MR) is 144 cm³/mol. The monoisotopic (exact) mass is 495 g/mol. The molecule has 0 N–H and O–H groups in total. The topological polar surface area (TPSA) is 12.4 Å². The van der Waals surface area contributed by atoms with Crippen molar-refractivity contribution in [2.24, 2.45) is 4.99 Å². The van der Waals surface area contributed by atoms with E-state index < -0.39 is 0 Å². The molecule has 2 heteroatoms. The highest BCUT2D eigenvalue weighted by Crippen LogP contribution is 2.34. The van der Waals surface area contributed by atoms with Crippen molar-refractivity contribution in [1.82, 2.24) is 0 Å². The average molecular weight is 496 g/mol. The van der Waals surface area contributed by atoms with Gasteiger partial charge in [0.05, 0.1) is 11.8 Å². The van der Waals surface area contributed by atoms with Gasteiger partial charge in [-0.1, -0.05) is 139 Å². The molecule has 2 unspecified atom stereocenters. The lowest BCUT2D eigenvalue weighted by molar-refractivity contribution is 0.528. The van der Waals surface area contributed by atoms with Crippen LogP contribution in [0.2, 0.25) is 0 Å². The van der Waals surface area contributed by atoms with Gasteiger partial charge in [-0.3, -0.25) is 4.99 Å². The first-order chi connectivity index (χ1) is 16.3. The molecule has 0 spiro atoms. The number of benzene rings is 4. The van der Waals surface area contributed by atoms with Crippen molar-refractivity contribution in [3.63, 3.8) is 0 Å². The molecule has 4 rings (SSSR count). The molecular weight excluding hydrogens is 466 g/mol. The van der Waals surface area contributed by atoms with Crippen LogP contribution in [0.4, 0.5) is 0 Å². The fourth-order valence-electron chi connectivity index (χ4n) is 4.39. The summed E-state index contributed by atoms with van der Waals surface area (Å²) in [6.07, 6.45) is 3.33. The van der Waals surface area contributed by atoms with Crippen LogP contribution >= 0.6 is 15.9 Å². The van der Waals surface area contributed by atoms with Crippen LogP contribution in [-0.2, 0) is 0 Å². The van der Waals surface area contributed by atoms with Gasteiger partial charge in [0.15, 0.2) is 0 Å². The summed E-state index contributed by atoms with van der Waals surface area (Å²) in [7, 11) is 0. The van der Waals surface area contributed by atoms with Gasteiger partial charge in [0.2, 0.25) is 0 Å². The smallest absolute Gasteiger partial charge is 0.0722 e. The Bertz CT molecular complexity index is 1110. The van der Waals surface area contributed by atoms with Crippen LogP contribution < -0.4 is 0 Å². The van der Waals surface area contributed by atoms with Crippen LogP contribution in [0.15, 0.2) is 125 Å². The van der Waals surface area contributed by atoms with Crippen molar-refractivity contribution in [3.05, 3.63) is 142 Å². The van der Waals surface area contributed by atoms with Crippen LogP contribution in [-0.4, -0.2) is 11.8 Å². The van der Waals surface area contributed by atoms with E-state index in [1.807, 2.05) is 0 Å². The summed E-state index contributed by atoms with van der Waals surface area (Å²) in [5, 5.41) is 0. The zero-order valence-corrected chi connectivity index (χ0v) is 20.7. The molecule has 4 aromatic rings. The molecule has 0 aliphatic rings. The van der Waals surface area contributed by atoms with Gasteiger partial charge in [-0.2, -0.15) is 0 Å². The van der Waals surface area contributed by atoms with E-state index >= 15 is 0 Å². The van der Waals surface area contributed by atoms with Crippen LogP contribution in [0.5, 0.6) is 0 Å². The number of hydrogen-bond acceptors (Lipinski definition) is 1. The Kier molecular flexibility index (Phi) is 8.27. The maximum Gasteiger partial charge on any atom is 0.0722 e. The maximum atomic E-state index is 5.54. The van der Waals surface area contributed by atoms with Gasteiger partial charge in [0.1, 0.15) is 0 Å².